The van der Waals surface area contributed by atoms with Gasteiger partial charge in [-0.2, -0.15) is 10.5 Å². The van der Waals surface area contributed by atoms with Crippen LogP contribution in [-0.2, 0) is 9.59 Å². The molecule has 9 rings (SSSR count). The molecule has 4 saturated heterocycles. The first-order chi connectivity index (χ1) is 31.6. The summed E-state index contributed by atoms with van der Waals surface area (Å²) in [5.74, 6) is 2.87. The van der Waals surface area contributed by atoms with Crippen LogP contribution < -0.4 is 37.2 Å². The van der Waals surface area contributed by atoms with Gasteiger partial charge in [-0.1, -0.05) is 45.9 Å². The molecular weight excluding hydrogens is 914 g/mol. The van der Waals surface area contributed by atoms with Crippen LogP contribution in [0.4, 0.5) is 33.5 Å². The van der Waals surface area contributed by atoms with Gasteiger partial charge in [0.25, 0.3) is 0 Å². The molecule has 4 aliphatic rings. The Morgan fingerprint density at radius 2 is 1.14 bits per heavy atom. The van der Waals surface area contributed by atoms with E-state index in [0.29, 0.717) is 72.7 Å². The third kappa shape index (κ3) is 16.2. The van der Waals surface area contributed by atoms with Crippen molar-refractivity contribution in [1.82, 2.24) is 65.6 Å². The van der Waals surface area contributed by atoms with Gasteiger partial charge in [-0.3, -0.25) is 19.4 Å². The second-order valence-corrected chi connectivity index (χ2v) is 17.6. The van der Waals surface area contributed by atoms with Gasteiger partial charge in [0, 0.05) is 95.5 Å². The fourth-order valence-corrected chi connectivity index (χ4v) is 8.80. The Kier molecular flexibility index (Phi) is 19.1. The van der Waals surface area contributed by atoms with E-state index in [1.165, 1.54) is 60.4 Å². The number of hydrogen-bond donors (Lipinski definition) is 6. The van der Waals surface area contributed by atoms with Crippen molar-refractivity contribution in [2.75, 3.05) is 86.7 Å². The van der Waals surface area contributed by atoms with E-state index in [-0.39, 0.29) is 11.8 Å². The predicted octanol–water partition coefficient (Wildman–Crippen LogP) is 3.81. The lowest BCUT2D eigenvalue weighted by atomic mass is 10.0. The maximum absolute atomic E-state index is 11.5. The summed E-state index contributed by atoms with van der Waals surface area (Å²) in [6, 6.07) is 10.3. The number of nitrogens with zero attached hydrogens (tertiary/aromatic N) is 13. The molecule has 0 saturated carbocycles. The van der Waals surface area contributed by atoms with E-state index in [1.54, 1.807) is 18.6 Å². The average Bonchev–Trinajstić information content (AvgIpc) is 3.85. The van der Waals surface area contributed by atoms with Crippen LogP contribution in [0.3, 0.4) is 0 Å². The molecule has 0 radical (unpaired) electrons. The molecule has 4 fully saturated rings. The molecule has 0 atom stereocenters. The summed E-state index contributed by atoms with van der Waals surface area (Å²) in [6.45, 7) is 9.40. The van der Waals surface area contributed by atoms with Crippen molar-refractivity contribution in [1.29, 1.82) is 10.5 Å². The highest BCUT2D eigenvalue weighted by Gasteiger charge is 2.27. The summed E-state index contributed by atoms with van der Waals surface area (Å²) in [6.07, 6.45) is 13.1. The lowest BCUT2D eigenvalue weighted by molar-refractivity contribution is -0.121. The first-order valence-electron chi connectivity index (χ1n) is 20.9. The first-order valence-corrected chi connectivity index (χ1v) is 23.3. The monoisotopic (exact) mass is 961 g/mol. The highest BCUT2D eigenvalue weighted by molar-refractivity contribution is 7.16. The van der Waals surface area contributed by atoms with Crippen molar-refractivity contribution in [3.63, 3.8) is 0 Å². The Morgan fingerprint density at radius 1 is 0.631 bits per heavy atom. The van der Waals surface area contributed by atoms with Crippen LogP contribution in [0.15, 0.2) is 49.6 Å². The predicted molar refractivity (Wildman–Crippen MR) is 250 cm³/mol. The molecular formula is C40H49Cl2N19O2S2. The smallest absolute Gasteiger partial charge is 0.221 e. The largest absolute Gasteiger partial charge is 0.384 e. The highest BCUT2D eigenvalue weighted by atomic mass is 35.5. The zero-order valence-electron chi connectivity index (χ0n) is 35.4. The Bertz CT molecular complexity index is 2360. The van der Waals surface area contributed by atoms with Gasteiger partial charge < -0.3 is 37.2 Å². The first kappa shape index (κ1) is 48.5. The number of rotatable bonds is 7. The molecule has 9 heterocycles. The Hall–Kier alpha value is -5.92. The molecule has 7 N–H and O–H groups in total. The quantitative estimate of drug-likeness (QED) is 0.127. The number of hydrogen-bond acceptors (Lipinski definition) is 21. The van der Waals surface area contributed by atoms with E-state index in [0.717, 1.165) is 84.1 Å². The molecule has 5 aromatic heterocycles. The van der Waals surface area contributed by atoms with E-state index in [4.69, 9.17) is 39.5 Å². The standard InChI is InChI=1S/C18H22N8OS.C10H19N3O.C8H4ClN5S.C4H4ClN3/c19-10-14-11-21-18(28-14)24-15-9-16(23-12-22-15)26-5-1-13(2-6-26)25-7-3-17(27)20-4-8-25;14-10-3-7-13(8-6-12-10)9-1-4-11-5-2-9;9-6-1-7(13-4-12-6)14-8-11-3-5(2-10)15-8;5-3-1-4(6)8-2-7-3/h9,11-13H,1-8H2,(H,20,27)(H,21,22,23,24);9,11H,1-8H2,(H,12,14);1,3-4H,(H,11,12,13,14);1-2H,(H2,6,7,8). The van der Waals surface area contributed by atoms with Crippen molar-refractivity contribution in [2.24, 2.45) is 0 Å². The highest BCUT2D eigenvalue weighted by Crippen LogP contribution is 2.26. The van der Waals surface area contributed by atoms with Gasteiger partial charge in [0.1, 0.15) is 74.5 Å². The summed E-state index contributed by atoms with van der Waals surface area (Å²) in [4.78, 5) is 62.8. The normalized spacial score (nSPS) is 17.3. The molecule has 0 bridgehead atoms. The summed E-state index contributed by atoms with van der Waals surface area (Å²) in [7, 11) is 0. The van der Waals surface area contributed by atoms with E-state index >= 15 is 0 Å². The van der Waals surface area contributed by atoms with Crippen molar-refractivity contribution in [2.45, 2.75) is 50.6 Å². The average molecular weight is 963 g/mol. The number of carbonyl (C=O) groups is 2. The Morgan fingerprint density at radius 3 is 1.63 bits per heavy atom. The van der Waals surface area contributed by atoms with Gasteiger partial charge in [0.2, 0.25) is 11.8 Å². The number of piperidine rings is 2. The summed E-state index contributed by atoms with van der Waals surface area (Å²) in [5, 5.41) is 34.8. The molecule has 0 aliphatic carbocycles. The van der Waals surface area contributed by atoms with Crippen LogP contribution in [0.1, 0.15) is 48.3 Å². The van der Waals surface area contributed by atoms with Crippen LogP contribution in [0.2, 0.25) is 10.3 Å². The molecule has 2 amide bonds. The zero-order chi connectivity index (χ0) is 45.8. The number of thiazole rings is 2. The molecule has 25 heteroatoms. The molecule has 0 aromatic carbocycles. The Balaban J connectivity index is 0.000000159. The number of nitrogens with two attached hydrogens (primary N) is 1. The third-order valence-corrected chi connectivity index (χ3v) is 12.5. The van der Waals surface area contributed by atoms with E-state index < -0.39 is 0 Å². The SMILES string of the molecule is N#Cc1cnc(Nc2cc(Cl)ncn2)s1.N#Cc1cnc(Nc2cc(N3CCC(N4CCNC(=O)CC4)CC3)ncn2)s1.Nc1cc(Cl)ncn1.O=C1CCN(C2CCNCC2)CCN1. The lowest BCUT2D eigenvalue weighted by Crippen LogP contribution is -2.46. The van der Waals surface area contributed by atoms with Crippen LogP contribution >= 0.6 is 45.9 Å². The van der Waals surface area contributed by atoms with Gasteiger partial charge in [0.15, 0.2) is 10.3 Å². The van der Waals surface area contributed by atoms with Crippen LogP contribution in [0.5, 0.6) is 0 Å². The number of halogens is 2. The van der Waals surface area contributed by atoms with Crippen LogP contribution in [0.25, 0.3) is 0 Å². The van der Waals surface area contributed by atoms with Crippen LogP contribution in [-0.4, -0.2) is 139 Å². The maximum atomic E-state index is 11.5. The summed E-state index contributed by atoms with van der Waals surface area (Å²) < 4.78 is 0. The number of nitrogen functional groups attached to an aromatic ring is 1. The lowest BCUT2D eigenvalue weighted by Gasteiger charge is -2.38. The topological polar surface area (TPSA) is 281 Å². The molecule has 21 nitrogen and oxygen atoms in total. The molecule has 0 spiro atoms. The fraction of sp³-hybridized carbons (Fsp3) is 0.450. The van der Waals surface area contributed by atoms with Gasteiger partial charge >= 0.3 is 0 Å². The summed E-state index contributed by atoms with van der Waals surface area (Å²) >= 11 is 13.6. The minimum Gasteiger partial charge on any atom is -0.384 e. The van der Waals surface area contributed by atoms with Gasteiger partial charge in [-0.05, 0) is 38.8 Å². The second-order valence-electron chi connectivity index (χ2n) is 14.8. The van der Waals surface area contributed by atoms with Gasteiger partial charge in [0.05, 0.1) is 12.4 Å². The number of aromatic nitrogens is 8. The van der Waals surface area contributed by atoms with Crippen LogP contribution in [0, 0.1) is 22.7 Å². The third-order valence-electron chi connectivity index (χ3n) is 10.5. The number of anilines is 6. The number of nitriles is 2. The van der Waals surface area contributed by atoms with E-state index in [2.05, 4.69) is 87.2 Å². The molecule has 0 unspecified atom stereocenters. The van der Waals surface area contributed by atoms with Gasteiger partial charge in [-0.25, -0.2) is 39.9 Å². The Labute approximate surface area is 394 Å². The van der Waals surface area contributed by atoms with Crippen molar-refractivity contribution in [3.8, 4) is 12.1 Å². The molecule has 4 aliphatic heterocycles. The minimum absolute atomic E-state index is 0.156. The van der Waals surface area contributed by atoms with Gasteiger partial charge in [-0.15, -0.1) is 0 Å². The fourth-order valence-electron chi connectivity index (χ4n) is 7.25. The maximum Gasteiger partial charge on any atom is 0.221 e. The van der Waals surface area contributed by atoms with Crippen molar-refractivity contribution >= 4 is 91.2 Å². The number of amides is 2. The van der Waals surface area contributed by atoms with E-state index in [9.17, 15) is 9.59 Å². The molecule has 65 heavy (non-hydrogen) atoms. The zero-order valence-corrected chi connectivity index (χ0v) is 38.5. The minimum atomic E-state index is 0.156. The van der Waals surface area contributed by atoms with Crippen molar-refractivity contribution in [3.05, 3.63) is 69.6 Å². The molecule has 342 valence electrons. The van der Waals surface area contributed by atoms with Crippen molar-refractivity contribution < 1.29 is 9.59 Å². The molecule has 5 aromatic rings. The van der Waals surface area contributed by atoms with E-state index in [1.807, 2.05) is 12.1 Å². The number of carbonyl (C=O) groups excluding carboxylic acids is 2. The summed E-state index contributed by atoms with van der Waals surface area (Å²) in [5.41, 5.74) is 5.22. The second kappa shape index (κ2) is 25.5. The number of nitrogens with one attached hydrogen (secondary N) is 5.